The van der Waals surface area contributed by atoms with Crippen molar-refractivity contribution in [3.05, 3.63) is 0 Å². The lowest BCUT2D eigenvalue weighted by atomic mass is 9.68. The summed E-state index contributed by atoms with van der Waals surface area (Å²) in [7, 11) is 0. The summed E-state index contributed by atoms with van der Waals surface area (Å²) in [6, 6.07) is 0. The summed E-state index contributed by atoms with van der Waals surface area (Å²) in [6.07, 6.45) is 24.7. The van der Waals surface area contributed by atoms with Crippen LogP contribution in [0.1, 0.15) is 116 Å². The lowest BCUT2D eigenvalue weighted by molar-refractivity contribution is 0.147. The molecule has 0 amide bonds. The number of hydrogen-bond acceptors (Lipinski definition) is 1. The van der Waals surface area contributed by atoms with E-state index in [9.17, 15) is 0 Å². The zero-order valence-corrected chi connectivity index (χ0v) is 14.8. The first-order chi connectivity index (χ1) is 10.3. The van der Waals surface area contributed by atoms with Crippen molar-refractivity contribution in [3.8, 4) is 0 Å². The average Bonchev–Trinajstić information content (AvgIpc) is 2.51. The molecule has 1 aliphatic rings. The van der Waals surface area contributed by atoms with Gasteiger partial charge < -0.3 is 5.73 Å². The first-order valence-electron chi connectivity index (χ1n) is 10.0. The molecule has 0 bridgehead atoms. The maximum Gasteiger partial charge on any atom is -0.00773 e. The molecule has 2 N–H and O–H groups in total. The van der Waals surface area contributed by atoms with Gasteiger partial charge in [-0.25, -0.2) is 0 Å². The van der Waals surface area contributed by atoms with Gasteiger partial charge in [-0.2, -0.15) is 0 Å². The van der Waals surface area contributed by atoms with E-state index < -0.39 is 0 Å². The second-order valence-electron chi connectivity index (χ2n) is 7.53. The lowest BCUT2D eigenvalue weighted by Crippen LogP contribution is -2.24. The van der Waals surface area contributed by atoms with Gasteiger partial charge in [0, 0.05) is 0 Å². The van der Waals surface area contributed by atoms with E-state index in [-0.39, 0.29) is 0 Å². The molecule has 1 aliphatic carbocycles. The highest BCUT2D eigenvalue weighted by Crippen LogP contribution is 2.44. The van der Waals surface area contributed by atoms with Crippen LogP contribution in [0.3, 0.4) is 0 Å². The molecule has 0 aliphatic heterocycles. The van der Waals surface area contributed by atoms with Gasteiger partial charge in [0.2, 0.25) is 0 Å². The van der Waals surface area contributed by atoms with Crippen LogP contribution in [0.2, 0.25) is 0 Å². The fourth-order valence-electron chi connectivity index (χ4n) is 4.20. The maximum atomic E-state index is 5.54. The van der Waals surface area contributed by atoms with Gasteiger partial charge >= 0.3 is 0 Å². The predicted octanol–water partition coefficient (Wildman–Crippen LogP) is 6.60. The van der Waals surface area contributed by atoms with E-state index in [2.05, 4.69) is 6.92 Å². The van der Waals surface area contributed by atoms with Crippen molar-refractivity contribution in [1.82, 2.24) is 0 Å². The number of hydrogen-bond donors (Lipinski definition) is 1. The molecule has 0 atom stereocenters. The van der Waals surface area contributed by atoms with E-state index in [0.717, 1.165) is 12.0 Å². The Labute approximate surface area is 134 Å². The van der Waals surface area contributed by atoms with E-state index in [1.54, 1.807) is 0 Å². The van der Waals surface area contributed by atoms with Crippen molar-refractivity contribution in [1.29, 1.82) is 0 Å². The quantitative estimate of drug-likeness (QED) is 0.381. The molecule has 0 unspecified atom stereocenters. The summed E-state index contributed by atoms with van der Waals surface area (Å²) < 4.78 is 0. The third-order valence-electron chi connectivity index (χ3n) is 5.64. The van der Waals surface area contributed by atoms with E-state index in [4.69, 9.17) is 5.73 Å². The van der Waals surface area contributed by atoms with Crippen molar-refractivity contribution in [2.24, 2.45) is 11.1 Å². The summed E-state index contributed by atoms with van der Waals surface area (Å²) in [5.41, 5.74) is 6.29. The summed E-state index contributed by atoms with van der Waals surface area (Å²) in [6.45, 7) is 3.21. The third-order valence-corrected chi connectivity index (χ3v) is 5.64. The summed E-state index contributed by atoms with van der Waals surface area (Å²) in [5.74, 6) is 0. The molecule has 0 heterocycles. The Balaban J connectivity index is 2.11. The van der Waals surface area contributed by atoms with Crippen LogP contribution in [0, 0.1) is 5.41 Å². The molecule has 1 nitrogen and oxygen atoms in total. The molecule has 0 aromatic heterocycles. The second-order valence-corrected chi connectivity index (χ2v) is 7.53. The molecule has 21 heavy (non-hydrogen) atoms. The van der Waals surface area contributed by atoms with Crippen LogP contribution in [-0.4, -0.2) is 6.54 Å². The van der Waals surface area contributed by atoms with Crippen molar-refractivity contribution in [3.63, 3.8) is 0 Å². The molecule has 0 radical (unpaired) electrons. The van der Waals surface area contributed by atoms with Gasteiger partial charge in [0.1, 0.15) is 0 Å². The summed E-state index contributed by atoms with van der Waals surface area (Å²) in [5, 5.41) is 0. The van der Waals surface area contributed by atoms with Crippen molar-refractivity contribution < 1.29 is 0 Å². The molecule has 0 spiro atoms. The molecule has 1 rings (SSSR count). The minimum atomic E-state index is 0.757. The van der Waals surface area contributed by atoms with Crippen molar-refractivity contribution >= 4 is 0 Å². The SMILES string of the molecule is CCCCCC1(CCCCCCCCCN)CCCCC1. The molecule has 0 aromatic carbocycles. The molecular weight excluding hydrogens is 254 g/mol. The van der Waals surface area contributed by atoms with Crippen molar-refractivity contribution in [2.75, 3.05) is 6.54 Å². The van der Waals surface area contributed by atoms with E-state index in [1.807, 2.05) is 0 Å². The van der Waals surface area contributed by atoms with E-state index in [1.165, 1.54) is 109 Å². The largest absolute Gasteiger partial charge is 0.330 e. The Bertz CT molecular complexity index is 218. The molecular formula is C20H41N. The summed E-state index contributed by atoms with van der Waals surface area (Å²) >= 11 is 0. The lowest BCUT2D eigenvalue weighted by Gasteiger charge is -2.38. The van der Waals surface area contributed by atoms with Gasteiger partial charge in [-0.3, -0.25) is 0 Å². The van der Waals surface area contributed by atoms with E-state index >= 15 is 0 Å². The zero-order chi connectivity index (χ0) is 15.2. The van der Waals surface area contributed by atoms with Gasteiger partial charge in [-0.1, -0.05) is 84.0 Å². The highest BCUT2D eigenvalue weighted by molar-refractivity contribution is 4.82. The molecule has 0 saturated heterocycles. The van der Waals surface area contributed by atoms with Crippen LogP contribution >= 0.6 is 0 Å². The molecule has 126 valence electrons. The highest BCUT2D eigenvalue weighted by Gasteiger charge is 2.30. The molecule has 1 fully saturated rings. The Morgan fingerprint density at radius 1 is 0.667 bits per heavy atom. The van der Waals surface area contributed by atoms with Crippen LogP contribution in [0.25, 0.3) is 0 Å². The van der Waals surface area contributed by atoms with Crippen LogP contribution in [0.5, 0.6) is 0 Å². The summed E-state index contributed by atoms with van der Waals surface area (Å²) in [4.78, 5) is 0. The van der Waals surface area contributed by atoms with E-state index in [0.29, 0.717) is 0 Å². The third kappa shape index (κ3) is 8.86. The standard InChI is InChI=1S/C20H41N/c1-2-3-10-15-20(17-12-9-13-18-20)16-11-7-5-4-6-8-14-19-21/h2-19,21H2,1H3. The predicted molar refractivity (Wildman–Crippen MR) is 95.7 cm³/mol. The Morgan fingerprint density at radius 2 is 1.19 bits per heavy atom. The molecule has 0 aromatic rings. The maximum absolute atomic E-state index is 5.54. The average molecular weight is 296 g/mol. The Morgan fingerprint density at radius 3 is 1.76 bits per heavy atom. The fraction of sp³-hybridized carbons (Fsp3) is 1.00. The van der Waals surface area contributed by atoms with Crippen LogP contribution in [0.4, 0.5) is 0 Å². The Hall–Kier alpha value is -0.0400. The van der Waals surface area contributed by atoms with Gasteiger partial charge in [0.05, 0.1) is 0 Å². The monoisotopic (exact) mass is 295 g/mol. The second kappa shape index (κ2) is 12.5. The fourth-order valence-corrected chi connectivity index (χ4v) is 4.20. The minimum absolute atomic E-state index is 0.757. The smallest absolute Gasteiger partial charge is 0.00773 e. The minimum Gasteiger partial charge on any atom is -0.330 e. The van der Waals surface area contributed by atoms with Gasteiger partial charge in [0.25, 0.3) is 0 Å². The normalized spacial score (nSPS) is 18.0. The first-order valence-corrected chi connectivity index (χ1v) is 10.0. The van der Waals surface area contributed by atoms with Gasteiger partial charge in [0.15, 0.2) is 0 Å². The topological polar surface area (TPSA) is 26.0 Å². The van der Waals surface area contributed by atoms with Crippen LogP contribution in [0.15, 0.2) is 0 Å². The van der Waals surface area contributed by atoms with Crippen LogP contribution in [-0.2, 0) is 0 Å². The first kappa shape index (κ1) is 19.0. The molecule has 1 heteroatoms. The number of rotatable bonds is 13. The number of unbranched alkanes of at least 4 members (excludes halogenated alkanes) is 8. The molecule has 1 saturated carbocycles. The zero-order valence-electron chi connectivity index (χ0n) is 14.8. The van der Waals surface area contributed by atoms with Gasteiger partial charge in [-0.15, -0.1) is 0 Å². The highest BCUT2D eigenvalue weighted by atomic mass is 14.5. The van der Waals surface area contributed by atoms with Gasteiger partial charge in [-0.05, 0) is 44.1 Å². The van der Waals surface area contributed by atoms with Crippen LogP contribution < -0.4 is 5.73 Å². The number of nitrogens with two attached hydrogens (primary N) is 1. The van der Waals surface area contributed by atoms with Crippen molar-refractivity contribution in [2.45, 2.75) is 116 Å². The Kier molecular flexibility index (Phi) is 11.3.